The second-order valence-corrected chi connectivity index (χ2v) is 7.25. The highest BCUT2D eigenvalue weighted by Crippen LogP contribution is 2.26. The van der Waals surface area contributed by atoms with Crippen LogP contribution in [0.5, 0.6) is 5.75 Å². The first-order valence-electron chi connectivity index (χ1n) is 7.68. The third-order valence-corrected chi connectivity index (χ3v) is 5.40. The largest absolute Gasteiger partial charge is 0.433 e. The zero-order chi connectivity index (χ0) is 17.9. The molecule has 9 heteroatoms. The van der Waals surface area contributed by atoms with Crippen LogP contribution in [0.15, 0.2) is 53.6 Å². The van der Waals surface area contributed by atoms with E-state index in [0.29, 0.717) is 19.5 Å². The van der Waals surface area contributed by atoms with Crippen molar-refractivity contribution in [3.63, 3.8) is 0 Å². The first-order chi connectivity index (χ1) is 12.0. The summed E-state index contributed by atoms with van der Waals surface area (Å²) in [6, 6.07) is 10.5. The van der Waals surface area contributed by atoms with E-state index in [1.165, 1.54) is 24.3 Å². The summed E-state index contributed by atoms with van der Waals surface area (Å²) in [5, 5.41) is 0. The van der Waals surface area contributed by atoms with E-state index < -0.39 is 16.6 Å². The Bertz CT molecular complexity index is 818. The van der Waals surface area contributed by atoms with Crippen LogP contribution >= 0.6 is 0 Å². The fraction of sp³-hybridized carbons (Fsp3) is 0.312. The molecule has 3 rings (SSSR count). The number of halogens is 2. The molecule has 0 unspecified atom stereocenters. The molecule has 1 atom stereocenters. The number of para-hydroxylation sites is 1. The third kappa shape index (κ3) is 4.23. The highest BCUT2D eigenvalue weighted by atomic mass is 32.2. The Morgan fingerprint density at radius 1 is 1.20 bits per heavy atom. The van der Waals surface area contributed by atoms with Crippen molar-refractivity contribution in [2.24, 2.45) is 0 Å². The first-order valence-corrected chi connectivity index (χ1v) is 9.16. The van der Waals surface area contributed by atoms with Gasteiger partial charge in [-0.05, 0) is 30.7 Å². The molecular weight excluding hydrogens is 352 g/mol. The Hall–Kier alpha value is -2.26. The van der Waals surface area contributed by atoms with E-state index in [4.69, 9.17) is 0 Å². The van der Waals surface area contributed by atoms with Gasteiger partial charge in [-0.1, -0.05) is 18.2 Å². The molecule has 1 aliphatic rings. The molecule has 1 aliphatic heterocycles. The zero-order valence-corrected chi connectivity index (χ0v) is 14.0. The highest BCUT2D eigenvalue weighted by molar-refractivity contribution is 7.89. The normalized spacial score (nSPS) is 17.9. The Kier molecular flexibility index (Phi) is 5.14. The van der Waals surface area contributed by atoms with Gasteiger partial charge >= 0.3 is 6.61 Å². The zero-order valence-electron chi connectivity index (χ0n) is 13.2. The Morgan fingerprint density at radius 3 is 2.68 bits per heavy atom. The van der Waals surface area contributed by atoms with Crippen LogP contribution in [0.2, 0.25) is 0 Å². The maximum atomic E-state index is 12.6. The number of rotatable bonds is 6. The minimum absolute atomic E-state index is 0.299. The minimum Gasteiger partial charge on any atom is -0.433 e. The van der Waals surface area contributed by atoms with Gasteiger partial charge in [-0.3, -0.25) is 0 Å². The van der Waals surface area contributed by atoms with Crippen molar-refractivity contribution in [3.8, 4) is 5.75 Å². The summed E-state index contributed by atoms with van der Waals surface area (Å²) in [5.74, 6) is 0.398. The maximum absolute atomic E-state index is 12.6. The van der Waals surface area contributed by atoms with Gasteiger partial charge in [0.25, 0.3) is 0 Å². The maximum Gasteiger partial charge on any atom is 0.387 e. The number of sulfonamides is 1. The lowest BCUT2D eigenvalue weighted by molar-refractivity contribution is -0.0517. The van der Waals surface area contributed by atoms with Gasteiger partial charge in [0.15, 0.2) is 0 Å². The summed E-state index contributed by atoms with van der Waals surface area (Å²) in [7, 11) is -3.98. The standard InChI is InChI=1S/C16H17F2N3O3S/c17-16(18)24-13-5-1-2-6-14(13)25(22,23)20-12-8-10-21(11-12)15-7-3-4-9-19-15/h1-7,9,12,16,20H,8,10-11H2/t12-/m0/s1. The number of pyridine rings is 1. The SMILES string of the molecule is O=S(=O)(N[C@H]1CCN(c2ccccn2)C1)c1ccccc1OC(F)F. The van der Waals surface area contributed by atoms with Crippen LogP contribution in [0.1, 0.15) is 6.42 Å². The third-order valence-electron chi connectivity index (χ3n) is 3.84. The number of benzene rings is 1. The predicted octanol–water partition coefficient (Wildman–Crippen LogP) is 2.24. The van der Waals surface area contributed by atoms with Crippen molar-refractivity contribution in [3.05, 3.63) is 48.7 Å². The molecule has 1 aromatic heterocycles. The molecule has 25 heavy (non-hydrogen) atoms. The number of anilines is 1. The molecule has 0 bridgehead atoms. The van der Waals surface area contributed by atoms with Crippen LogP contribution in [0, 0.1) is 0 Å². The summed E-state index contributed by atoms with van der Waals surface area (Å²) in [6.45, 7) is -1.99. The van der Waals surface area contributed by atoms with Crippen LogP contribution in [-0.2, 0) is 10.0 Å². The minimum atomic E-state index is -3.98. The molecule has 0 spiro atoms. The lowest BCUT2D eigenvalue weighted by atomic mass is 10.3. The fourth-order valence-corrected chi connectivity index (χ4v) is 4.15. The second kappa shape index (κ2) is 7.32. The van der Waals surface area contributed by atoms with Crippen molar-refractivity contribution >= 4 is 15.8 Å². The number of nitrogens with one attached hydrogen (secondary N) is 1. The summed E-state index contributed by atoms with van der Waals surface area (Å²) in [6.07, 6.45) is 2.26. The second-order valence-electron chi connectivity index (χ2n) is 5.57. The molecule has 0 saturated carbocycles. The number of aromatic nitrogens is 1. The molecule has 6 nitrogen and oxygen atoms in total. The molecule has 2 heterocycles. The van der Waals surface area contributed by atoms with Gasteiger partial charge in [-0.15, -0.1) is 0 Å². The van der Waals surface area contributed by atoms with Gasteiger partial charge in [-0.2, -0.15) is 8.78 Å². The number of hydrogen-bond acceptors (Lipinski definition) is 5. The van der Waals surface area contributed by atoms with Gasteiger partial charge < -0.3 is 9.64 Å². The van der Waals surface area contributed by atoms with Crippen molar-refractivity contribution in [1.29, 1.82) is 0 Å². The molecular formula is C16H17F2N3O3S. The van der Waals surface area contributed by atoms with Gasteiger partial charge in [0.2, 0.25) is 10.0 Å². The van der Waals surface area contributed by atoms with Gasteiger partial charge in [-0.25, -0.2) is 18.1 Å². The van der Waals surface area contributed by atoms with Gasteiger partial charge in [0.05, 0.1) is 0 Å². The Balaban J connectivity index is 1.73. The fourth-order valence-electron chi connectivity index (χ4n) is 2.75. The van der Waals surface area contributed by atoms with E-state index in [1.54, 1.807) is 12.3 Å². The van der Waals surface area contributed by atoms with Crippen molar-refractivity contribution in [2.45, 2.75) is 24.0 Å². The van der Waals surface area contributed by atoms with E-state index in [2.05, 4.69) is 14.4 Å². The molecule has 1 saturated heterocycles. The average Bonchev–Trinajstić information content (AvgIpc) is 3.03. The smallest absolute Gasteiger partial charge is 0.387 e. The molecule has 134 valence electrons. The monoisotopic (exact) mass is 369 g/mol. The van der Waals surface area contributed by atoms with Crippen LogP contribution < -0.4 is 14.4 Å². The summed E-state index contributed by atoms with van der Waals surface area (Å²) >= 11 is 0. The topological polar surface area (TPSA) is 71.5 Å². The predicted molar refractivity (Wildman–Crippen MR) is 88.3 cm³/mol. The van der Waals surface area contributed by atoms with Crippen LogP contribution in [0.4, 0.5) is 14.6 Å². The van der Waals surface area contributed by atoms with Crippen molar-refractivity contribution < 1.29 is 21.9 Å². The number of hydrogen-bond donors (Lipinski definition) is 1. The van der Waals surface area contributed by atoms with Crippen molar-refractivity contribution in [2.75, 3.05) is 18.0 Å². The molecule has 2 aromatic rings. The molecule has 0 aliphatic carbocycles. The van der Waals surface area contributed by atoms with Crippen LogP contribution in [0.25, 0.3) is 0 Å². The number of ether oxygens (including phenoxy) is 1. The lowest BCUT2D eigenvalue weighted by Crippen LogP contribution is -2.37. The van der Waals surface area contributed by atoms with Crippen LogP contribution in [-0.4, -0.2) is 39.1 Å². The summed E-state index contributed by atoms with van der Waals surface area (Å²) < 4.78 is 57.0. The average molecular weight is 369 g/mol. The molecule has 0 amide bonds. The summed E-state index contributed by atoms with van der Waals surface area (Å²) in [5.41, 5.74) is 0. The number of nitrogens with zero attached hydrogens (tertiary/aromatic N) is 2. The molecule has 1 N–H and O–H groups in total. The van der Waals surface area contributed by atoms with E-state index >= 15 is 0 Å². The number of alkyl halides is 2. The van der Waals surface area contributed by atoms with Gasteiger partial charge in [0.1, 0.15) is 16.5 Å². The highest BCUT2D eigenvalue weighted by Gasteiger charge is 2.29. The van der Waals surface area contributed by atoms with Gasteiger partial charge in [0, 0.05) is 25.3 Å². The molecule has 0 radical (unpaired) electrons. The van der Waals surface area contributed by atoms with Crippen LogP contribution in [0.3, 0.4) is 0 Å². The lowest BCUT2D eigenvalue weighted by Gasteiger charge is -2.18. The van der Waals surface area contributed by atoms with E-state index in [9.17, 15) is 17.2 Å². The quantitative estimate of drug-likeness (QED) is 0.846. The molecule has 1 fully saturated rings. The van der Waals surface area contributed by atoms with E-state index in [1.807, 2.05) is 17.0 Å². The van der Waals surface area contributed by atoms with E-state index in [0.717, 1.165) is 5.82 Å². The first kappa shape index (κ1) is 17.6. The van der Waals surface area contributed by atoms with E-state index in [-0.39, 0.29) is 16.7 Å². The Labute approximate surface area is 144 Å². The Morgan fingerprint density at radius 2 is 1.96 bits per heavy atom. The summed E-state index contributed by atoms with van der Waals surface area (Å²) in [4.78, 5) is 5.91. The van der Waals surface area contributed by atoms with Crippen molar-refractivity contribution in [1.82, 2.24) is 9.71 Å². The molecule has 1 aromatic carbocycles.